The second kappa shape index (κ2) is 3.53. The van der Waals surface area contributed by atoms with E-state index in [-0.39, 0.29) is 14.8 Å². The summed E-state index contributed by atoms with van der Waals surface area (Å²) in [7, 11) is 0. The lowest BCUT2D eigenvalue weighted by molar-refractivity contribution is 0.275. The zero-order valence-electron chi connectivity index (χ0n) is 5.94. The van der Waals surface area contributed by atoms with Gasteiger partial charge in [-0.05, 0) is 28.7 Å². The molecular weight excluding hydrogens is 279 g/mol. The molecule has 3 N–H and O–H groups in total. The Labute approximate surface area is 81.5 Å². The van der Waals surface area contributed by atoms with Crippen molar-refractivity contribution < 1.29 is 13.9 Å². The Hall–Kier alpha value is -0.430. The highest BCUT2D eigenvalue weighted by atomic mass is 127. The number of nitrogen functional groups attached to an aromatic ring is 1. The summed E-state index contributed by atoms with van der Waals surface area (Å²) < 4.78 is 25.6. The van der Waals surface area contributed by atoms with Gasteiger partial charge in [0.1, 0.15) is 5.82 Å². The largest absolute Gasteiger partial charge is 0.396 e. The molecule has 1 aromatic carbocycles. The fourth-order valence-electron chi connectivity index (χ4n) is 0.794. The molecule has 66 valence electrons. The summed E-state index contributed by atoms with van der Waals surface area (Å²) in [5.41, 5.74) is 5.07. The van der Waals surface area contributed by atoms with Crippen LogP contribution in [0.15, 0.2) is 6.07 Å². The first-order valence-corrected chi connectivity index (χ1v) is 4.18. The topological polar surface area (TPSA) is 46.2 Å². The van der Waals surface area contributed by atoms with Crippen LogP contribution in [0.4, 0.5) is 14.5 Å². The van der Waals surface area contributed by atoms with Gasteiger partial charge in [-0.15, -0.1) is 0 Å². The van der Waals surface area contributed by atoms with Gasteiger partial charge in [0.15, 0.2) is 5.82 Å². The van der Waals surface area contributed by atoms with Gasteiger partial charge in [0, 0.05) is 5.56 Å². The first-order chi connectivity index (χ1) is 5.57. The van der Waals surface area contributed by atoms with Gasteiger partial charge in [0.05, 0.1) is 15.9 Å². The predicted octanol–water partition coefficient (Wildman–Crippen LogP) is 1.64. The first kappa shape index (κ1) is 9.66. The lowest BCUT2D eigenvalue weighted by Crippen LogP contribution is -2.01. The third-order valence-corrected chi connectivity index (χ3v) is 2.37. The van der Waals surface area contributed by atoms with Crippen LogP contribution in [0.25, 0.3) is 0 Å². The molecule has 0 saturated carbocycles. The van der Waals surface area contributed by atoms with Crippen molar-refractivity contribution in [3.63, 3.8) is 0 Å². The molecule has 0 fully saturated rings. The normalized spacial score (nSPS) is 10.3. The summed E-state index contributed by atoms with van der Waals surface area (Å²) in [4.78, 5) is 0. The van der Waals surface area contributed by atoms with Crippen LogP contribution in [0.2, 0.25) is 0 Å². The van der Waals surface area contributed by atoms with E-state index in [2.05, 4.69) is 0 Å². The maximum Gasteiger partial charge on any atom is 0.162 e. The van der Waals surface area contributed by atoms with Gasteiger partial charge in [0.25, 0.3) is 0 Å². The van der Waals surface area contributed by atoms with Crippen molar-refractivity contribution >= 4 is 28.3 Å². The SMILES string of the molecule is Nc1cc(CO)c(F)c(I)c1F. The maximum absolute atomic E-state index is 13.0. The Morgan fingerprint density at radius 3 is 2.50 bits per heavy atom. The Balaban J connectivity index is 3.39. The van der Waals surface area contributed by atoms with Gasteiger partial charge in [-0.25, -0.2) is 8.78 Å². The quantitative estimate of drug-likeness (QED) is 0.468. The Bertz CT molecular complexity index is 317. The van der Waals surface area contributed by atoms with Crippen molar-refractivity contribution in [1.29, 1.82) is 0 Å². The number of halogens is 3. The minimum absolute atomic E-state index is 0.0123. The predicted molar refractivity (Wildman–Crippen MR) is 49.4 cm³/mol. The smallest absolute Gasteiger partial charge is 0.162 e. The lowest BCUT2D eigenvalue weighted by Gasteiger charge is -2.05. The van der Waals surface area contributed by atoms with Crippen molar-refractivity contribution in [2.45, 2.75) is 6.61 Å². The van der Waals surface area contributed by atoms with Crippen molar-refractivity contribution in [1.82, 2.24) is 0 Å². The third kappa shape index (κ3) is 1.51. The van der Waals surface area contributed by atoms with Gasteiger partial charge in [-0.1, -0.05) is 0 Å². The summed E-state index contributed by atoms with van der Waals surface area (Å²) in [5.74, 6) is -1.52. The van der Waals surface area contributed by atoms with Crippen LogP contribution in [0.3, 0.4) is 0 Å². The molecule has 0 aliphatic rings. The van der Waals surface area contributed by atoms with E-state index in [1.54, 1.807) is 0 Å². The number of nitrogens with two attached hydrogens (primary N) is 1. The molecule has 0 atom stereocenters. The van der Waals surface area contributed by atoms with Gasteiger partial charge in [-0.2, -0.15) is 0 Å². The van der Waals surface area contributed by atoms with Crippen molar-refractivity contribution in [3.8, 4) is 0 Å². The van der Waals surface area contributed by atoms with Gasteiger partial charge >= 0.3 is 0 Å². The molecule has 0 aliphatic carbocycles. The average Bonchev–Trinajstić information content (AvgIpc) is 2.08. The maximum atomic E-state index is 13.0. The number of rotatable bonds is 1. The second-order valence-electron chi connectivity index (χ2n) is 2.22. The monoisotopic (exact) mass is 285 g/mol. The number of anilines is 1. The molecule has 1 rings (SSSR count). The number of hydrogen-bond acceptors (Lipinski definition) is 2. The minimum Gasteiger partial charge on any atom is -0.396 e. The van der Waals surface area contributed by atoms with Crippen LogP contribution in [-0.2, 0) is 6.61 Å². The molecule has 0 aliphatic heterocycles. The molecule has 2 nitrogen and oxygen atoms in total. The molecule has 0 saturated heterocycles. The van der Waals surface area contributed by atoms with E-state index in [1.165, 1.54) is 22.6 Å². The standard InChI is InChI=1S/C7H6F2INO/c8-5-3(2-12)1-4(11)6(9)7(5)10/h1,12H,2,11H2. The van der Waals surface area contributed by atoms with E-state index < -0.39 is 18.2 Å². The van der Waals surface area contributed by atoms with Crippen LogP contribution < -0.4 is 5.73 Å². The highest BCUT2D eigenvalue weighted by Gasteiger charge is 2.13. The van der Waals surface area contributed by atoms with Crippen LogP contribution in [0.5, 0.6) is 0 Å². The molecule has 0 aromatic heterocycles. The van der Waals surface area contributed by atoms with Crippen molar-refractivity contribution in [3.05, 3.63) is 26.8 Å². The minimum atomic E-state index is -0.773. The van der Waals surface area contributed by atoms with Gasteiger partial charge in [0.2, 0.25) is 0 Å². The molecule has 0 heterocycles. The van der Waals surface area contributed by atoms with Crippen molar-refractivity contribution in [2.24, 2.45) is 0 Å². The van der Waals surface area contributed by atoms with E-state index in [0.29, 0.717) is 0 Å². The zero-order chi connectivity index (χ0) is 9.30. The Kier molecular flexibility index (Phi) is 2.84. The van der Waals surface area contributed by atoms with Gasteiger partial charge in [-0.3, -0.25) is 0 Å². The molecule has 5 heteroatoms. The number of aliphatic hydroxyl groups excluding tert-OH is 1. The van der Waals surface area contributed by atoms with Crippen LogP contribution in [0.1, 0.15) is 5.56 Å². The molecule has 1 aromatic rings. The molecule has 0 radical (unpaired) electrons. The number of hydrogen-bond donors (Lipinski definition) is 2. The lowest BCUT2D eigenvalue weighted by atomic mass is 10.2. The van der Waals surface area contributed by atoms with E-state index in [9.17, 15) is 8.78 Å². The van der Waals surface area contributed by atoms with E-state index in [0.717, 1.165) is 6.07 Å². The zero-order valence-corrected chi connectivity index (χ0v) is 8.10. The third-order valence-electron chi connectivity index (χ3n) is 1.42. The van der Waals surface area contributed by atoms with E-state index in [1.807, 2.05) is 0 Å². The summed E-state index contributed by atoms with van der Waals surface area (Å²) in [6.07, 6.45) is 0. The molecule has 0 unspecified atom stereocenters. The summed E-state index contributed by atoms with van der Waals surface area (Å²) in [6, 6.07) is 1.09. The molecule has 0 amide bonds. The summed E-state index contributed by atoms with van der Waals surface area (Å²) in [6.45, 7) is -0.480. The average molecular weight is 285 g/mol. The van der Waals surface area contributed by atoms with Gasteiger partial charge < -0.3 is 10.8 Å². The van der Waals surface area contributed by atoms with Crippen LogP contribution in [0, 0.1) is 15.2 Å². The second-order valence-corrected chi connectivity index (χ2v) is 3.30. The number of aliphatic hydroxyl groups is 1. The molecular formula is C7H6F2INO. The highest BCUT2D eigenvalue weighted by Crippen LogP contribution is 2.23. The Morgan fingerprint density at radius 2 is 2.00 bits per heavy atom. The first-order valence-electron chi connectivity index (χ1n) is 3.10. The van der Waals surface area contributed by atoms with E-state index >= 15 is 0 Å². The van der Waals surface area contributed by atoms with E-state index in [4.69, 9.17) is 10.8 Å². The molecule has 0 bridgehead atoms. The fraction of sp³-hybridized carbons (Fsp3) is 0.143. The summed E-state index contributed by atoms with van der Waals surface area (Å²) in [5, 5.41) is 8.64. The molecule has 0 spiro atoms. The number of benzene rings is 1. The Morgan fingerprint density at radius 1 is 1.42 bits per heavy atom. The fourth-order valence-corrected chi connectivity index (χ4v) is 1.45. The summed E-state index contributed by atoms with van der Waals surface area (Å²) >= 11 is 1.50. The van der Waals surface area contributed by atoms with Crippen molar-refractivity contribution in [2.75, 3.05) is 5.73 Å². The highest BCUT2D eigenvalue weighted by molar-refractivity contribution is 14.1. The van der Waals surface area contributed by atoms with Crippen LogP contribution in [-0.4, -0.2) is 5.11 Å². The van der Waals surface area contributed by atoms with Crippen LogP contribution >= 0.6 is 22.6 Å². The molecule has 12 heavy (non-hydrogen) atoms.